The first-order valence-corrected chi connectivity index (χ1v) is 9.07. The average Bonchev–Trinajstić information content (AvgIpc) is 3.05. The summed E-state index contributed by atoms with van der Waals surface area (Å²) in [6, 6.07) is 11.9. The highest BCUT2D eigenvalue weighted by Gasteiger charge is 2.35. The SMILES string of the molecule is CC1=Cc2c(cnn2-c2ccc(F)cc2)CC1(C)CC(O)c1ccccn1. The van der Waals surface area contributed by atoms with Gasteiger partial charge in [-0.05, 0) is 73.2 Å². The number of aromatic nitrogens is 3. The van der Waals surface area contributed by atoms with E-state index >= 15 is 0 Å². The third-order valence-electron chi connectivity index (χ3n) is 5.52. The van der Waals surface area contributed by atoms with Gasteiger partial charge >= 0.3 is 0 Å². The van der Waals surface area contributed by atoms with Gasteiger partial charge in [0.05, 0.1) is 29.4 Å². The van der Waals surface area contributed by atoms with E-state index in [-0.39, 0.29) is 11.2 Å². The molecule has 0 bridgehead atoms. The minimum atomic E-state index is -0.617. The number of fused-ring (bicyclic) bond motifs is 1. The molecule has 4 nitrogen and oxygen atoms in total. The number of hydrogen-bond acceptors (Lipinski definition) is 3. The molecule has 0 amide bonds. The zero-order valence-electron chi connectivity index (χ0n) is 15.4. The van der Waals surface area contributed by atoms with Gasteiger partial charge in [-0.25, -0.2) is 9.07 Å². The van der Waals surface area contributed by atoms with E-state index in [0.29, 0.717) is 12.1 Å². The Morgan fingerprint density at radius 1 is 1.22 bits per heavy atom. The summed E-state index contributed by atoms with van der Waals surface area (Å²) >= 11 is 0. The molecular formula is C22H22FN3O. The van der Waals surface area contributed by atoms with Gasteiger partial charge in [-0.1, -0.05) is 18.6 Å². The van der Waals surface area contributed by atoms with Crippen molar-refractivity contribution in [3.8, 4) is 5.69 Å². The van der Waals surface area contributed by atoms with Gasteiger partial charge in [0.25, 0.3) is 0 Å². The standard InChI is InChI=1S/C22H22FN3O/c1-15-11-20-16(14-25-26(20)18-8-6-17(23)7-9-18)12-22(15,2)13-21(27)19-5-3-4-10-24-19/h3-11,14,21,27H,12-13H2,1-2H3. The van der Waals surface area contributed by atoms with E-state index in [1.165, 1.54) is 17.7 Å². The monoisotopic (exact) mass is 363 g/mol. The molecule has 3 aromatic rings. The molecule has 5 heteroatoms. The largest absolute Gasteiger partial charge is 0.387 e. The van der Waals surface area contributed by atoms with Crippen LogP contribution in [-0.2, 0) is 6.42 Å². The summed E-state index contributed by atoms with van der Waals surface area (Å²) < 4.78 is 15.1. The number of pyridine rings is 1. The summed E-state index contributed by atoms with van der Waals surface area (Å²) in [4.78, 5) is 4.28. The van der Waals surface area contributed by atoms with Gasteiger partial charge in [-0.15, -0.1) is 0 Å². The number of hydrogen-bond donors (Lipinski definition) is 1. The van der Waals surface area contributed by atoms with Gasteiger partial charge in [0, 0.05) is 6.20 Å². The molecule has 4 rings (SSSR count). The van der Waals surface area contributed by atoms with Gasteiger partial charge < -0.3 is 5.11 Å². The van der Waals surface area contributed by atoms with Crippen LogP contribution in [-0.4, -0.2) is 19.9 Å². The zero-order valence-corrected chi connectivity index (χ0v) is 15.4. The number of aliphatic hydroxyl groups excluding tert-OH is 1. The predicted octanol–water partition coefficient (Wildman–Crippen LogP) is 4.50. The van der Waals surface area contributed by atoms with E-state index in [1.54, 1.807) is 18.3 Å². The first kappa shape index (κ1) is 17.6. The van der Waals surface area contributed by atoms with Gasteiger partial charge in [0.1, 0.15) is 5.82 Å². The molecule has 2 atom stereocenters. The molecule has 1 aromatic carbocycles. The summed E-state index contributed by atoms with van der Waals surface area (Å²) in [6.07, 6.45) is 6.46. The zero-order chi connectivity index (χ0) is 19.0. The van der Waals surface area contributed by atoms with E-state index in [0.717, 1.165) is 23.4 Å². The number of benzene rings is 1. The van der Waals surface area contributed by atoms with E-state index in [4.69, 9.17) is 0 Å². The van der Waals surface area contributed by atoms with Crippen LogP contribution in [0.1, 0.15) is 43.3 Å². The minimum Gasteiger partial charge on any atom is -0.387 e. The minimum absolute atomic E-state index is 0.180. The smallest absolute Gasteiger partial charge is 0.123 e. The van der Waals surface area contributed by atoms with Crippen LogP contribution in [0.4, 0.5) is 4.39 Å². The molecule has 0 spiro atoms. The number of nitrogens with zero attached hydrogens (tertiary/aromatic N) is 3. The van der Waals surface area contributed by atoms with Crippen LogP contribution in [0.3, 0.4) is 0 Å². The highest BCUT2D eigenvalue weighted by Crippen LogP contribution is 2.44. The van der Waals surface area contributed by atoms with Crippen molar-refractivity contribution in [3.63, 3.8) is 0 Å². The lowest BCUT2D eigenvalue weighted by molar-refractivity contribution is 0.117. The quantitative estimate of drug-likeness (QED) is 0.743. The average molecular weight is 363 g/mol. The molecule has 2 aromatic heterocycles. The first-order valence-electron chi connectivity index (χ1n) is 9.07. The van der Waals surface area contributed by atoms with Crippen molar-refractivity contribution >= 4 is 6.08 Å². The van der Waals surface area contributed by atoms with Crippen molar-refractivity contribution in [2.75, 3.05) is 0 Å². The number of halogens is 1. The van der Waals surface area contributed by atoms with Crippen LogP contribution >= 0.6 is 0 Å². The fraction of sp³-hybridized carbons (Fsp3) is 0.273. The third kappa shape index (κ3) is 3.30. The van der Waals surface area contributed by atoms with Gasteiger partial charge in [0.15, 0.2) is 0 Å². The second-order valence-corrected chi connectivity index (χ2v) is 7.48. The Bertz CT molecular complexity index is 979. The van der Waals surface area contributed by atoms with Gasteiger partial charge in [0.2, 0.25) is 0 Å². The highest BCUT2D eigenvalue weighted by atomic mass is 19.1. The van der Waals surface area contributed by atoms with Crippen molar-refractivity contribution in [1.29, 1.82) is 0 Å². The maximum atomic E-state index is 13.2. The van der Waals surface area contributed by atoms with Crippen molar-refractivity contribution in [1.82, 2.24) is 14.8 Å². The molecule has 138 valence electrons. The molecule has 0 saturated carbocycles. The van der Waals surface area contributed by atoms with Crippen molar-refractivity contribution < 1.29 is 9.50 Å². The van der Waals surface area contributed by atoms with Crippen LogP contribution in [0.15, 0.2) is 60.4 Å². The lowest BCUT2D eigenvalue weighted by atomic mass is 9.70. The molecular weight excluding hydrogens is 341 g/mol. The number of aliphatic hydroxyl groups is 1. The Kier molecular flexibility index (Phi) is 4.40. The normalized spacial score (nSPS) is 20.1. The molecule has 2 unspecified atom stereocenters. The molecule has 1 aliphatic carbocycles. The summed E-state index contributed by atoms with van der Waals surface area (Å²) in [5.74, 6) is -0.261. The molecule has 0 aliphatic heterocycles. The molecule has 27 heavy (non-hydrogen) atoms. The maximum absolute atomic E-state index is 13.2. The molecule has 1 N–H and O–H groups in total. The highest BCUT2D eigenvalue weighted by molar-refractivity contribution is 5.60. The fourth-order valence-corrected chi connectivity index (χ4v) is 3.75. The Morgan fingerprint density at radius 2 is 2.00 bits per heavy atom. The molecule has 0 saturated heterocycles. The van der Waals surface area contributed by atoms with Crippen LogP contribution in [0.5, 0.6) is 0 Å². The number of allylic oxidation sites excluding steroid dienone is 1. The van der Waals surface area contributed by atoms with E-state index < -0.39 is 6.10 Å². The Labute approximate surface area is 158 Å². The summed E-state index contributed by atoms with van der Waals surface area (Å²) in [6.45, 7) is 4.26. The lowest BCUT2D eigenvalue weighted by Gasteiger charge is -2.35. The van der Waals surface area contributed by atoms with E-state index in [2.05, 4.69) is 30.0 Å². The Morgan fingerprint density at radius 3 is 2.70 bits per heavy atom. The van der Waals surface area contributed by atoms with Crippen molar-refractivity contribution in [2.45, 2.75) is 32.8 Å². The second kappa shape index (κ2) is 6.74. The molecule has 1 aliphatic rings. The summed E-state index contributed by atoms with van der Waals surface area (Å²) in [5, 5.41) is 15.2. The van der Waals surface area contributed by atoms with Gasteiger partial charge in [-0.2, -0.15) is 5.10 Å². The third-order valence-corrected chi connectivity index (χ3v) is 5.52. The predicted molar refractivity (Wildman–Crippen MR) is 103 cm³/mol. The Hall–Kier alpha value is -2.79. The van der Waals surface area contributed by atoms with Crippen LogP contribution in [0.25, 0.3) is 11.8 Å². The Balaban J connectivity index is 1.63. The van der Waals surface area contributed by atoms with Crippen LogP contribution in [0, 0.1) is 11.2 Å². The number of rotatable bonds is 4. The van der Waals surface area contributed by atoms with E-state index in [1.807, 2.05) is 29.1 Å². The first-order chi connectivity index (χ1) is 13.0. The topological polar surface area (TPSA) is 50.9 Å². The van der Waals surface area contributed by atoms with Crippen molar-refractivity contribution in [2.24, 2.45) is 5.41 Å². The van der Waals surface area contributed by atoms with E-state index in [9.17, 15) is 9.50 Å². The second-order valence-electron chi connectivity index (χ2n) is 7.48. The van der Waals surface area contributed by atoms with Crippen molar-refractivity contribution in [3.05, 3.63) is 83.2 Å². The van der Waals surface area contributed by atoms with Gasteiger partial charge in [-0.3, -0.25) is 4.98 Å². The molecule has 0 fully saturated rings. The molecule has 2 heterocycles. The fourth-order valence-electron chi connectivity index (χ4n) is 3.75. The summed E-state index contributed by atoms with van der Waals surface area (Å²) in [5.41, 5.74) is 4.68. The van der Waals surface area contributed by atoms with Crippen LogP contribution < -0.4 is 0 Å². The van der Waals surface area contributed by atoms with Crippen LogP contribution in [0.2, 0.25) is 0 Å². The maximum Gasteiger partial charge on any atom is 0.123 e. The summed E-state index contributed by atoms with van der Waals surface area (Å²) in [7, 11) is 0. The molecule has 0 radical (unpaired) electrons. The lowest BCUT2D eigenvalue weighted by Crippen LogP contribution is -2.27.